The normalized spacial score (nSPS) is 13.0. The topological polar surface area (TPSA) is 76.4 Å². The molecule has 2 heterocycles. The minimum Gasteiger partial charge on any atom is -0.461 e. The number of rotatable bonds is 5. The molecule has 0 amide bonds. The zero-order valence-electron chi connectivity index (χ0n) is 11.8. The lowest BCUT2D eigenvalue weighted by Crippen LogP contribution is -2.06. The van der Waals surface area contributed by atoms with Crippen LogP contribution in [0.15, 0.2) is 28.9 Å². The van der Waals surface area contributed by atoms with E-state index in [-0.39, 0.29) is 5.69 Å². The highest BCUT2D eigenvalue weighted by atomic mass is 16.5. The Kier molecular flexibility index (Phi) is 3.87. The van der Waals surface area contributed by atoms with Gasteiger partial charge in [0.15, 0.2) is 5.69 Å². The average molecular weight is 287 g/mol. The second-order valence-corrected chi connectivity index (χ2v) is 4.82. The Morgan fingerprint density at radius 3 is 3.14 bits per heavy atom. The summed E-state index contributed by atoms with van der Waals surface area (Å²) in [5, 5.41) is 6.38. The van der Waals surface area contributed by atoms with Crippen LogP contribution in [0.1, 0.15) is 34.1 Å². The summed E-state index contributed by atoms with van der Waals surface area (Å²) >= 11 is 0. The van der Waals surface area contributed by atoms with E-state index in [0.717, 1.165) is 18.7 Å². The molecule has 1 aliphatic heterocycles. The predicted octanol–water partition coefficient (Wildman–Crippen LogP) is 2.07. The summed E-state index contributed by atoms with van der Waals surface area (Å²) in [4.78, 5) is 15.5. The number of hydrogen-bond acceptors (Lipinski definition) is 6. The standard InChI is InChI=1S/C15H17N3O3/c1-2-20-14(19)13-9-21-15(18-13)17-6-10-3-4-11-7-16-8-12(11)5-10/h3-5,9,16H,2,6-8H2,1H3,(H,17,18). The van der Waals surface area contributed by atoms with Gasteiger partial charge in [-0.1, -0.05) is 18.2 Å². The Labute approximate surface area is 122 Å². The van der Waals surface area contributed by atoms with Gasteiger partial charge in [-0.15, -0.1) is 0 Å². The molecule has 2 N–H and O–H groups in total. The van der Waals surface area contributed by atoms with Gasteiger partial charge in [0, 0.05) is 19.6 Å². The molecule has 2 aromatic rings. The minimum absolute atomic E-state index is 0.178. The summed E-state index contributed by atoms with van der Waals surface area (Å²) in [6.45, 7) is 4.51. The average Bonchev–Trinajstić information content (AvgIpc) is 3.14. The molecule has 0 bridgehead atoms. The van der Waals surface area contributed by atoms with Crippen molar-refractivity contribution in [3.8, 4) is 0 Å². The van der Waals surface area contributed by atoms with Crippen LogP contribution < -0.4 is 10.6 Å². The Hall–Kier alpha value is -2.34. The van der Waals surface area contributed by atoms with Crippen molar-refractivity contribution in [2.24, 2.45) is 0 Å². The molecule has 0 atom stereocenters. The van der Waals surface area contributed by atoms with Crippen LogP contribution >= 0.6 is 0 Å². The maximum atomic E-state index is 11.5. The quantitative estimate of drug-likeness (QED) is 0.820. The van der Waals surface area contributed by atoms with E-state index in [1.165, 1.54) is 17.4 Å². The van der Waals surface area contributed by atoms with Gasteiger partial charge in [-0.25, -0.2) is 4.79 Å². The first kappa shape index (κ1) is 13.6. The van der Waals surface area contributed by atoms with Gasteiger partial charge in [-0.2, -0.15) is 4.98 Å². The summed E-state index contributed by atoms with van der Waals surface area (Å²) in [6.07, 6.45) is 1.30. The lowest BCUT2D eigenvalue weighted by molar-refractivity contribution is 0.0519. The van der Waals surface area contributed by atoms with Crippen LogP contribution in [-0.2, 0) is 24.4 Å². The molecule has 0 spiro atoms. The first-order valence-corrected chi connectivity index (χ1v) is 6.94. The molecule has 3 rings (SSSR count). The lowest BCUT2D eigenvalue weighted by atomic mass is 10.1. The smallest absolute Gasteiger partial charge is 0.360 e. The Bertz CT molecular complexity index is 651. The number of carbonyl (C=O) groups excluding carboxylic acids is 1. The van der Waals surface area contributed by atoms with Crippen LogP contribution in [0, 0.1) is 0 Å². The van der Waals surface area contributed by atoms with E-state index in [0.29, 0.717) is 19.2 Å². The number of oxazole rings is 1. The van der Waals surface area contributed by atoms with Gasteiger partial charge in [0.2, 0.25) is 0 Å². The number of nitrogens with one attached hydrogen (secondary N) is 2. The third-order valence-electron chi connectivity index (χ3n) is 3.33. The maximum Gasteiger partial charge on any atom is 0.360 e. The first-order valence-electron chi connectivity index (χ1n) is 6.94. The SMILES string of the molecule is CCOC(=O)c1coc(NCc2ccc3c(c2)CNC3)n1. The number of ether oxygens (including phenoxy) is 1. The highest BCUT2D eigenvalue weighted by Crippen LogP contribution is 2.18. The summed E-state index contributed by atoms with van der Waals surface area (Å²) in [5.74, 6) is -0.474. The minimum atomic E-state index is -0.474. The molecule has 1 aliphatic rings. The zero-order chi connectivity index (χ0) is 14.7. The molecule has 1 aromatic heterocycles. The second kappa shape index (κ2) is 5.97. The molecular weight excluding hydrogens is 270 g/mol. The fourth-order valence-electron chi connectivity index (χ4n) is 2.29. The molecule has 110 valence electrons. The van der Waals surface area contributed by atoms with E-state index >= 15 is 0 Å². The molecule has 0 unspecified atom stereocenters. The number of fused-ring (bicyclic) bond motifs is 1. The lowest BCUT2D eigenvalue weighted by Gasteiger charge is -2.04. The summed E-state index contributed by atoms with van der Waals surface area (Å²) in [5.41, 5.74) is 4.00. The number of carbonyl (C=O) groups is 1. The van der Waals surface area contributed by atoms with E-state index in [1.54, 1.807) is 6.92 Å². The molecule has 0 radical (unpaired) electrons. The first-order chi connectivity index (χ1) is 10.3. The maximum absolute atomic E-state index is 11.5. The van der Waals surface area contributed by atoms with Crippen LogP contribution in [0.3, 0.4) is 0 Å². The van der Waals surface area contributed by atoms with E-state index in [4.69, 9.17) is 9.15 Å². The van der Waals surface area contributed by atoms with E-state index < -0.39 is 5.97 Å². The fourth-order valence-corrected chi connectivity index (χ4v) is 2.29. The fraction of sp³-hybridized carbons (Fsp3) is 0.333. The number of anilines is 1. The molecule has 6 heteroatoms. The van der Waals surface area contributed by atoms with Gasteiger partial charge in [-0.3, -0.25) is 0 Å². The molecular formula is C15H17N3O3. The monoisotopic (exact) mass is 287 g/mol. The van der Waals surface area contributed by atoms with E-state index in [2.05, 4.69) is 33.8 Å². The van der Waals surface area contributed by atoms with Gasteiger partial charge in [0.1, 0.15) is 6.26 Å². The number of benzene rings is 1. The molecule has 6 nitrogen and oxygen atoms in total. The third-order valence-corrected chi connectivity index (χ3v) is 3.33. The van der Waals surface area contributed by atoms with Crippen molar-refractivity contribution < 1.29 is 13.9 Å². The molecule has 0 saturated heterocycles. The van der Waals surface area contributed by atoms with Gasteiger partial charge in [0.05, 0.1) is 6.61 Å². The van der Waals surface area contributed by atoms with Gasteiger partial charge in [0.25, 0.3) is 6.01 Å². The van der Waals surface area contributed by atoms with Gasteiger partial charge in [-0.05, 0) is 23.6 Å². The third kappa shape index (κ3) is 3.05. The van der Waals surface area contributed by atoms with Crippen molar-refractivity contribution in [3.63, 3.8) is 0 Å². The molecule has 0 fully saturated rings. The molecule has 0 aliphatic carbocycles. The summed E-state index contributed by atoms with van der Waals surface area (Å²) in [6, 6.07) is 6.69. The summed E-state index contributed by atoms with van der Waals surface area (Å²) < 4.78 is 10.1. The highest BCUT2D eigenvalue weighted by Gasteiger charge is 2.13. The zero-order valence-corrected chi connectivity index (χ0v) is 11.8. The van der Waals surface area contributed by atoms with Crippen LogP contribution in [-0.4, -0.2) is 17.6 Å². The van der Waals surface area contributed by atoms with Crippen molar-refractivity contribution in [1.29, 1.82) is 0 Å². The number of nitrogens with zero attached hydrogens (tertiary/aromatic N) is 1. The summed E-state index contributed by atoms with van der Waals surface area (Å²) in [7, 11) is 0. The van der Waals surface area contributed by atoms with Crippen molar-refractivity contribution in [1.82, 2.24) is 10.3 Å². The Morgan fingerprint density at radius 1 is 1.43 bits per heavy atom. The van der Waals surface area contributed by atoms with Crippen molar-refractivity contribution in [2.75, 3.05) is 11.9 Å². The Morgan fingerprint density at radius 2 is 2.29 bits per heavy atom. The van der Waals surface area contributed by atoms with Crippen molar-refractivity contribution in [2.45, 2.75) is 26.6 Å². The number of aromatic nitrogens is 1. The highest BCUT2D eigenvalue weighted by molar-refractivity contribution is 5.87. The van der Waals surface area contributed by atoms with Gasteiger partial charge >= 0.3 is 5.97 Å². The van der Waals surface area contributed by atoms with Crippen molar-refractivity contribution in [3.05, 3.63) is 46.8 Å². The molecule has 21 heavy (non-hydrogen) atoms. The number of hydrogen-bond donors (Lipinski definition) is 2. The Balaban J connectivity index is 1.61. The largest absolute Gasteiger partial charge is 0.461 e. The predicted molar refractivity (Wildman–Crippen MR) is 76.8 cm³/mol. The van der Waals surface area contributed by atoms with E-state index in [9.17, 15) is 4.79 Å². The van der Waals surface area contributed by atoms with Crippen molar-refractivity contribution >= 4 is 12.0 Å². The van der Waals surface area contributed by atoms with Crippen LogP contribution in [0.25, 0.3) is 0 Å². The number of esters is 1. The van der Waals surface area contributed by atoms with Crippen LogP contribution in [0.2, 0.25) is 0 Å². The van der Waals surface area contributed by atoms with E-state index in [1.807, 2.05) is 0 Å². The molecule has 1 aromatic carbocycles. The van der Waals surface area contributed by atoms with Gasteiger partial charge < -0.3 is 19.8 Å². The second-order valence-electron chi connectivity index (χ2n) is 4.82. The molecule has 0 saturated carbocycles. The van der Waals surface area contributed by atoms with Crippen LogP contribution in [0.5, 0.6) is 0 Å². The van der Waals surface area contributed by atoms with Crippen LogP contribution in [0.4, 0.5) is 6.01 Å².